The first-order chi connectivity index (χ1) is 6.53. The summed E-state index contributed by atoms with van der Waals surface area (Å²) in [7, 11) is 0. The van der Waals surface area contributed by atoms with Crippen LogP contribution in [0, 0.1) is 5.92 Å². The van der Waals surface area contributed by atoms with Crippen molar-refractivity contribution in [1.82, 2.24) is 5.32 Å². The van der Waals surface area contributed by atoms with Gasteiger partial charge in [-0.2, -0.15) is 0 Å². The Morgan fingerprint density at radius 1 is 1.43 bits per heavy atom. The number of rotatable bonds is 4. The second-order valence-electron chi connectivity index (χ2n) is 4.41. The van der Waals surface area contributed by atoms with Crippen molar-refractivity contribution in [1.29, 1.82) is 0 Å². The highest BCUT2D eigenvalue weighted by Gasteiger charge is 2.27. The lowest BCUT2D eigenvalue weighted by Crippen LogP contribution is -2.49. The lowest BCUT2D eigenvalue weighted by Gasteiger charge is -2.35. The molecule has 84 valence electrons. The maximum Gasteiger partial charge on any atom is 0.162 e. The lowest BCUT2D eigenvalue weighted by atomic mass is 10.2. The highest BCUT2D eigenvalue weighted by molar-refractivity contribution is 4.73. The molecule has 1 aliphatic rings. The van der Waals surface area contributed by atoms with E-state index in [1.54, 1.807) is 0 Å². The molecule has 0 aromatic carbocycles. The van der Waals surface area contributed by atoms with Crippen LogP contribution in [-0.2, 0) is 9.47 Å². The third-order valence-corrected chi connectivity index (χ3v) is 2.33. The van der Waals surface area contributed by atoms with Gasteiger partial charge in [0, 0.05) is 13.2 Å². The molecule has 1 saturated heterocycles. The first-order valence-electron chi connectivity index (χ1n) is 5.15. The van der Waals surface area contributed by atoms with Gasteiger partial charge in [0.05, 0.1) is 19.3 Å². The van der Waals surface area contributed by atoms with Crippen LogP contribution in [0.5, 0.6) is 0 Å². The third-order valence-electron chi connectivity index (χ3n) is 2.33. The van der Waals surface area contributed by atoms with E-state index in [9.17, 15) is 0 Å². The van der Waals surface area contributed by atoms with Crippen LogP contribution in [0.3, 0.4) is 0 Å². The molecule has 4 heteroatoms. The summed E-state index contributed by atoms with van der Waals surface area (Å²) in [6.45, 7) is 8.19. The van der Waals surface area contributed by atoms with E-state index < -0.39 is 5.79 Å². The molecule has 2 N–H and O–H groups in total. The molecule has 1 heterocycles. The van der Waals surface area contributed by atoms with Crippen LogP contribution in [0.1, 0.15) is 20.8 Å². The van der Waals surface area contributed by atoms with E-state index in [0.29, 0.717) is 13.2 Å². The molecular weight excluding hydrogens is 182 g/mol. The molecule has 0 aromatic rings. The van der Waals surface area contributed by atoms with E-state index in [1.807, 2.05) is 20.8 Å². The van der Waals surface area contributed by atoms with E-state index >= 15 is 0 Å². The first kappa shape index (κ1) is 11.9. The minimum atomic E-state index is -0.444. The Morgan fingerprint density at radius 3 is 2.50 bits per heavy atom. The summed E-state index contributed by atoms with van der Waals surface area (Å²) in [4.78, 5) is 0. The van der Waals surface area contributed by atoms with Crippen LogP contribution in [0.25, 0.3) is 0 Å². The zero-order chi connectivity index (χ0) is 10.6. The molecule has 1 unspecified atom stereocenters. The van der Waals surface area contributed by atoms with Crippen molar-refractivity contribution in [3.63, 3.8) is 0 Å². The summed E-state index contributed by atoms with van der Waals surface area (Å²) < 4.78 is 11.0. The molecule has 1 fully saturated rings. The summed E-state index contributed by atoms with van der Waals surface area (Å²) in [5.74, 6) is -0.161. The van der Waals surface area contributed by atoms with Crippen LogP contribution >= 0.6 is 0 Å². The molecule has 14 heavy (non-hydrogen) atoms. The molecule has 1 aliphatic heterocycles. The van der Waals surface area contributed by atoms with Gasteiger partial charge < -0.3 is 19.9 Å². The van der Waals surface area contributed by atoms with Crippen molar-refractivity contribution in [2.75, 3.05) is 26.4 Å². The molecule has 0 aliphatic carbocycles. The van der Waals surface area contributed by atoms with E-state index in [2.05, 4.69) is 5.32 Å². The number of ether oxygens (including phenoxy) is 2. The number of aliphatic hydroxyl groups is 1. The smallest absolute Gasteiger partial charge is 0.162 e. The van der Waals surface area contributed by atoms with Gasteiger partial charge in [-0.1, -0.05) is 6.92 Å². The summed E-state index contributed by atoms with van der Waals surface area (Å²) in [6, 6.07) is 0.247. The fourth-order valence-corrected chi connectivity index (χ4v) is 1.24. The Hall–Kier alpha value is -0.160. The zero-order valence-corrected chi connectivity index (χ0v) is 9.25. The Bertz CT molecular complexity index is 163. The van der Waals surface area contributed by atoms with Crippen molar-refractivity contribution in [2.24, 2.45) is 5.92 Å². The molecule has 1 rings (SSSR count). The van der Waals surface area contributed by atoms with Crippen LogP contribution in [0.15, 0.2) is 0 Å². The Morgan fingerprint density at radius 2 is 2.00 bits per heavy atom. The molecule has 0 amide bonds. The second-order valence-corrected chi connectivity index (χ2v) is 4.41. The van der Waals surface area contributed by atoms with E-state index in [-0.39, 0.29) is 18.6 Å². The van der Waals surface area contributed by atoms with Crippen LogP contribution < -0.4 is 5.32 Å². The highest BCUT2D eigenvalue weighted by atomic mass is 16.7. The lowest BCUT2D eigenvalue weighted by molar-refractivity contribution is -0.253. The van der Waals surface area contributed by atoms with Gasteiger partial charge in [0.2, 0.25) is 0 Å². The Balaban J connectivity index is 2.16. The summed E-state index contributed by atoms with van der Waals surface area (Å²) in [6.07, 6.45) is 0. The fraction of sp³-hybridized carbons (Fsp3) is 1.00. The average molecular weight is 203 g/mol. The van der Waals surface area contributed by atoms with Gasteiger partial charge in [-0.15, -0.1) is 0 Å². The van der Waals surface area contributed by atoms with E-state index in [0.717, 1.165) is 6.54 Å². The molecule has 0 radical (unpaired) electrons. The van der Waals surface area contributed by atoms with Gasteiger partial charge in [0.15, 0.2) is 5.79 Å². The summed E-state index contributed by atoms with van der Waals surface area (Å²) in [5, 5.41) is 12.1. The third kappa shape index (κ3) is 3.92. The molecule has 1 atom stereocenters. The van der Waals surface area contributed by atoms with Gasteiger partial charge in [0.25, 0.3) is 0 Å². The number of nitrogens with one attached hydrogen (secondary N) is 1. The largest absolute Gasteiger partial charge is 0.396 e. The molecule has 0 aromatic heterocycles. The maximum absolute atomic E-state index is 8.84. The first-order valence-corrected chi connectivity index (χ1v) is 5.15. The standard InChI is InChI=1S/C10H21NO3/c1-8(5-12)4-11-9-6-13-10(2,3)14-7-9/h8-9,11-12H,4-7H2,1-3H3. The van der Waals surface area contributed by atoms with Crippen molar-refractivity contribution in [3.8, 4) is 0 Å². The Labute approximate surface area is 85.6 Å². The summed E-state index contributed by atoms with van der Waals surface area (Å²) >= 11 is 0. The highest BCUT2D eigenvalue weighted by Crippen LogP contribution is 2.16. The van der Waals surface area contributed by atoms with Gasteiger partial charge in [0.1, 0.15) is 0 Å². The van der Waals surface area contributed by atoms with Crippen molar-refractivity contribution in [2.45, 2.75) is 32.6 Å². The Kier molecular flexibility index (Phi) is 4.31. The monoisotopic (exact) mass is 203 g/mol. The van der Waals surface area contributed by atoms with Gasteiger partial charge in [-0.25, -0.2) is 0 Å². The minimum Gasteiger partial charge on any atom is -0.396 e. The van der Waals surface area contributed by atoms with E-state index in [4.69, 9.17) is 14.6 Å². The second kappa shape index (κ2) is 5.07. The molecule has 0 bridgehead atoms. The number of hydrogen-bond acceptors (Lipinski definition) is 4. The van der Waals surface area contributed by atoms with Crippen molar-refractivity contribution in [3.05, 3.63) is 0 Å². The van der Waals surface area contributed by atoms with Gasteiger partial charge in [-0.3, -0.25) is 0 Å². The van der Waals surface area contributed by atoms with E-state index in [1.165, 1.54) is 0 Å². The topological polar surface area (TPSA) is 50.7 Å². The maximum atomic E-state index is 8.84. The fourth-order valence-electron chi connectivity index (χ4n) is 1.24. The normalized spacial score (nSPS) is 24.9. The summed E-state index contributed by atoms with van der Waals surface area (Å²) in [5.41, 5.74) is 0. The van der Waals surface area contributed by atoms with Crippen LogP contribution in [-0.4, -0.2) is 43.3 Å². The van der Waals surface area contributed by atoms with Crippen LogP contribution in [0.4, 0.5) is 0 Å². The van der Waals surface area contributed by atoms with Crippen molar-refractivity contribution >= 4 is 0 Å². The van der Waals surface area contributed by atoms with Gasteiger partial charge >= 0.3 is 0 Å². The minimum absolute atomic E-state index is 0.215. The molecule has 0 saturated carbocycles. The predicted octanol–water partition coefficient (Wildman–Crippen LogP) is 0.356. The quantitative estimate of drug-likeness (QED) is 0.692. The number of hydrogen-bond donors (Lipinski definition) is 2. The SMILES string of the molecule is CC(CO)CNC1COC(C)(C)OC1. The molecular formula is C10H21NO3. The van der Waals surface area contributed by atoms with Gasteiger partial charge in [-0.05, 0) is 19.8 Å². The zero-order valence-electron chi connectivity index (χ0n) is 9.25. The average Bonchev–Trinajstić information content (AvgIpc) is 2.16. The van der Waals surface area contributed by atoms with Crippen LogP contribution in [0.2, 0.25) is 0 Å². The predicted molar refractivity (Wildman–Crippen MR) is 54.0 cm³/mol. The number of aliphatic hydroxyl groups excluding tert-OH is 1. The molecule has 4 nitrogen and oxygen atoms in total. The van der Waals surface area contributed by atoms with Crippen molar-refractivity contribution < 1.29 is 14.6 Å². The molecule has 0 spiro atoms.